The van der Waals surface area contributed by atoms with Crippen molar-refractivity contribution in [2.75, 3.05) is 6.61 Å². The van der Waals surface area contributed by atoms with Crippen LogP contribution in [0.2, 0.25) is 0 Å². The van der Waals surface area contributed by atoms with Crippen molar-refractivity contribution >= 4 is 11.7 Å². The number of nitrogens with one attached hydrogen (secondary N) is 1. The largest absolute Gasteiger partial charge is 0.367 e. The van der Waals surface area contributed by atoms with Crippen molar-refractivity contribution in [1.82, 2.24) is 5.32 Å². The number of hydrogen-bond donors (Lipinski definition) is 1. The molecule has 1 N–H and O–H groups in total. The predicted octanol–water partition coefficient (Wildman–Crippen LogP) is 2.42. The number of carbonyl (C=O) groups excluding carboxylic acids is 1. The minimum absolute atomic E-state index is 0.0378. The quantitative estimate of drug-likeness (QED) is 0.781. The first-order valence-electron chi connectivity index (χ1n) is 7.25. The topological polar surface area (TPSA) is 50.7 Å². The average molecular weight is 252 g/mol. The second-order valence-corrected chi connectivity index (χ2v) is 5.23. The van der Waals surface area contributed by atoms with Crippen LogP contribution in [0.5, 0.6) is 0 Å². The molecule has 1 amide bonds. The van der Waals surface area contributed by atoms with Gasteiger partial charge in [0.05, 0.1) is 0 Å². The van der Waals surface area contributed by atoms with Gasteiger partial charge in [0, 0.05) is 6.61 Å². The van der Waals surface area contributed by atoms with Gasteiger partial charge >= 0.3 is 0 Å². The molecule has 0 bridgehead atoms. The van der Waals surface area contributed by atoms with E-state index in [1.165, 1.54) is 12.8 Å². The number of nitrogens with zero attached hydrogens (tertiary/aromatic N) is 1. The fourth-order valence-electron chi connectivity index (χ4n) is 2.98. The van der Waals surface area contributed by atoms with E-state index >= 15 is 0 Å². The van der Waals surface area contributed by atoms with E-state index in [4.69, 9.17) is 4.74 Å². The molecule has 0 radical (unpaired) electrons. The van der Waals surface area contributed by atoms with Crippen LogP contribution in [0.25, 0.3) is 0 Å². The minimum Gasteiger partial charge on any atom is -0.367 e. The zero-order valence-electron chi connectivity index (χ0n) is 11.5. The number of carbonyl (C=O) groups is 1. The molecular weight excluding hydrogens is 228 g/mol. The lowest BCUT2D eigenvalue weighted by Gasteiger charge is -2.32. The Labute approximate surface area is 109 Å². The lowest BCUT2D eigenvalue weighted by Crippen LogP contribution is -2.48. The van der Waals surface area contributed by atoms with Crippen molar-refractivity contribution in [3.8, 4) is 0 Å². The van der Waals surface area contributed by atoms with Gasteiger partial charge in [-0.15, -0.1) is 0 Å². The molecule has 4 nitrogen and oxygen atoms in total. The fourth-order valence-corrected chi connectivity index (χ4v) is 2.98. The van der Waals surface area contributed by atoms with Crippen LogP contribution < -0.4 is 5.32 Å². The maximum absolute atomic E-state index is 11.8. The van der Waals surface area contributed by atoms with E-state index in [-0.39, 0.29) is 17.6 Å². The maximum Gasteiger partial charge on any atom is 0.250 e. The van der Waals surface area contributed by atoms with Crippen molar-refractivity contribution in [3.63, 3.8) is 0 Å². The third-order valence-electron chi connectivity index (χ3n) is 3.98. The molecule has 2 aliphatic rings. The average Bonchev–Trinajstić information content (AvgIpc) is 2.60. The second-order valence-electron chi connectivity index (χ2n) is 5.23. The normalized spacial score (nSPS) is 27.6. The van der Waals surface area contributed by atoms with Crippen molar-refractivity contribution < 1.29 is 9.53 Å². The molecule has 0 aromatic rings. The van der Waals surface area contributed by atoms with E-state index in [0.29, 0.717) is 6.61 Å². The first kappa shape index (κ1) is 13.5. The van der Waals surface area contributed by atoms with Gasteiger partial charge in [-0.1, -0.05) is 32.6 Å². The van der Waals surface area contributed by atoms with Crippen LogP contribution in [0, 0.1) is 0 Å². The summed E-state index contributed by atoms with van der Waals surface area (Å²) in [5.74, 6) is 0.832. The molecule has 1 atom stereocenters. The molecule has 1 unspecified atom stereocenters. The molecule has 1 saturated carbocycles. The smallest absolute Gasteiger partial charge is 0.250 e. The van der Waals surface area contributed by atoms with E-state index in [0.717, 1.165) is 37.9 Å². The third-order valence-corrected chi connectivity index (χ3v) is 3.98. The third kappa shape index (κ3) is 2.58. The molecule has 18 heavy (non-hydrogen) atoms. The van der Waals surface area contributed by atoms with E-state index < -0.39 is 0 Å². The molecule has 0 aromatic heterocycles. The lowest BCUT2D eigenvalue weighted by atomic mass is 9.92. The zero-order chi connectivity index (χ0) is 13.0. The highest BCUT2D eigenvalue weighted by molar-refractivity contribution is 6.09. The molecule has 1 aliphatic heterocycles. The number of rotatable bonds is 4. The van der Waals surface area contributed by atoms with Gasteiger partial charge in [0.15, 0.2) is 0 Å². The fraction of sp³-hybridized carbons (Fsp3) is 0.857. The van der Waals surface area contributed by atoms with E-state index in [9.17, 15) is 4.79 Å². The molecule has 1 heterocycles. The molecule has 0 aromatic carbocycles. The molecule has 0 spiro atoms. The summed E-state index contributed by atoms with van der Waals surface area (Å²) in [6.45, 7) is 4.68. The summed E-state index contributed by atoms with van der Waals surface area (Å²) in [6, 6.07) is -0.208. The van der Waals surface area contributed by atoms with Gasteiger partial charge in [-0.2, -0.15) is 0 Å². The summed E-state index contributed by atoms with van der Waals surface area (Å²) in [5.41, 5.74) is -0.329. The molecule has 0 saturated heterocycles. The Hall–Kier alpha value is -0.900. The van der Waals surface area contributed by atoms with Gasteiger partial charge in [0.2, 0.25) is 5.91 Å². The van der Waals surface area contributed by atoms with E-state index in [2.05, 4.69) is 10.3 Å². The maximum atomic E-state index is 11.8. The molecular formula is C14H24N2O2. The van der Waals surface area contributed by atoms with Crippen molar-refractivity contribution in [2.45, 2.75) is 70.4 Å². The lowest BCUT2D eigenvalue weighted by molar-refractivity contribution is -0.120. The Morgan fingerprint density at radius 1 is 1.28 bits per heavy atom. The highest BCUT2D eigenvalue weighted by atomic mass is 16.5. The summed E-state index contributed by atoms with van der Waals surface area (Å²) in [7, 11) is 0. The van der Waals surface area contributed by atoms with Gasteiger partial charge in [-0.05, 0) is 26.2 Å². The molecule has 4 heteroatoms. The summed E-state index contributed by atoms with van der Waals surface area (Å²) >= 11 is 0. The molecule has 2 rings (SSSR count). The Bertz CT molecular complexity index is 331. The zero-order valence-corrected chi connectivity index (χ0v) is 11.5. The van der Waals surface area contributed by atoms with Crippen LogP contribution in [0.3, 0.4) is 0 Å². The first-order valence-corrected chi connectivity index (χ1v) is 7.25. The summed E-state index contributed by atoms with van der Waals surface area (Å²) < 4.78 is 6.03. The van der Waals surface area contributed by atoms with E-state index in [1.807, 2.05) is 13.8 Å². The van der Waals surface area contributed by atoms with Gasteiger partial charge in [-0.3, -0.25) is 9.79 Å². The SMILES string of the molecule is CCOC1(C2=NC(CC)C(=O)N2)CCCCCC1. The second kappa shape index (κ2) is 5.83. The van der Waals surface area contributed by atoms with Crippen molar-refractivity contribution in [2.24, 2.45) is 4.99 Å². The van der Waals surface area contributed by atoms with Crippen LogP contribution >= 0.6 is 0 Å². The minimum atomic E-state index is -0.329. The predicted molar refractivity (Wildman–Crippen MR) is 71.7 cm³/mol. The number of ether oxygens (including phenoxy) is 1. The molecule has 102 valence electrons. The van der Waals surface area contributed by atoms with Gasteiger partial charge in [0.1, 0.15) is 17.5 Å². The molecule has 1 fully saturated rings. The van der Waals surface area contributed by atoms with Gasteiger partial charge < -0.3 is 10.1 Å². The van der Waals surface area contributed by atoms with Gasteiger partial charge in [0.25, 0.3) is 0 Å². The Morgan fingerprint density at radius 3 is 2.44 bits per heavy atom. The van der Waals surface area contributed by atoms with Crippen LogP contribution in [0.4, 0.5) is 0 Å². The van der Waals surface area contributed by atoms with Crippen LogP contribution in [0.1, 0.15) is 58.8 Å². The highest BCUT2D eigenvalue weighted by Gasteiger charge is 2.42. The number of amides is 1. The highest BCUT2D eigenvalue weighted by Crippen LogP contribution is 2.33. The Kier molecular flexibility index (Phi) is 4.38. The Morgan fingerprint density at radius 2 is 1.94 bits per heavy atom. The van der Waals surface area contributed by atoms with Crippen LogP contribution in [-0.2, 0) is 9.53 Å². The Balaban J connectivity index is 2.21. The van der Waals surface area contributed by atoms with Gasteiger partial charge in [-0.25, -0.2) is 0 Å². The van der Waals surface area contributed by atoms with Crippen molar-refractivity contribution in [3.05, 3.63) is 0 Å². The summed E-state index contributed by atoms with van der Waals surface area (Å²) in [6.07, 6.45) is 7.56. The number of amidine groups is 1. The standard InChI is InChI=1S/C14H24N2O2/c1-3-11-12(17)16-13(15-11)14(18-4-2)9-7-5-6-8-10-14/h11H,3-10H2,1-2H3,(H,15,16,17). The molecule has 1 aliphatic carbocycles. The number of aliphatic imine (C=N–C) groups is 1. The summed E-state index contributed by atoms with van der Waals surface area (Å²) in [5, 5.41) is 2.96. The number of hydrogen-bond acceptors (Lipinski definition) is 3. The van der Waals surface area contributed by atoms with Crippen LogP contribution in [0.15, 0.2) is 4.99 Å². The van der Waals surface area contributed by atoms with E-state index in [1.54, 1.807) is 0 Å². The monoisotopic (exact) mass is 252 g/mol. The van der Waals surface area contributed by atoms with Crippen LogP contribution in [-0.4, -0.2) is 30.0 Å². The first-order chi connectivity index (χ1) is 8.72. The van der Waals surface area contributed by atoms with Crippen molar-refractivity contribution in [1.29, 1.82) is 0 Å². The summed E-state index contributed by atoms with van der Waals surface area (Å²) in [4.78, 5) is 16.4.